The number of aromatic nitrogens is 2. The van der Waals surface area contributed by atoms with Gasteiger partial charge in [0, 0.05) is 50.9 Å². The minimum atomic E-state index is 0.291. The van der Waals surface area contributed by atoms with Crippen LogP contribution < -0.4 is 0 Å². The number of hydrogen-bond donors (Lipinski definition) is 0. The number of rotatable bonds is 5. The second-order valence-electron chi connectivity index (χ2n) is 7.14. The van der Waals surface area contributed by atoms with E-state index in [0.717, 1.165) is 38.4 Å². The molecular weight excluding hydrogens is 312 g/mol. The molecule has 4 rings (SSSR count). The molecule has 3 atom stereocenters. The van der Waals surface area contributed by atoms with E-state index in [9.17, 15) is 0 Å². The second kappa shape index (κ2) is 7.60. The van der Waals surface area contributed by atoms with Gasteiger partial charge in [-0.3, -0.25) is 19.8 Å². The van der Waals surface area contributed by atoms with Crippen molar-refractivity contribution in [3.05, 3.63) is 60.2 Å². The Morgan fingerprint density at radius 2 is 2.20 bits per heavy atom. The van der Waals surface area contributed by atoms with E-state index in [1.165, 1.54) is 12.0 Å². The van der Waals surface area contributed by atoms with Gasteiger partial charge in [-0.15, -0.1) is 0 Å². The molecule has 0 unspecified atom stereocenters. The Kier molecular flexibility index (Phi) is 5.06. The number of pyridine rings is 2. The van der Waals surface area contributed by atoms with Gasteiger partial charge < -0.3 is 4.74 Å². The van der Waals surface area contributed by atoms with Crippen molar-refractivity contribution >= 4 is 0 Å². The zero-order valence-corrected chi connectivity index (χ0v) is 14.8. The molecule has 132 valence electrons. The molecule has 2 fully saturated rings. The second-order valence-corrected chi connectivity index (χ2v) is 7.14. The van der Waals surface area contributed by atoms with Crippen LogP contribution >= 0.6 is 0 Å². The molecule has 5 heteroatoms. The first kappa shape index (κ1) is 16.6. The first-order valence-corrected chi connectivity index (χ1v) is 9.16. The molecule has 2 aliphatic heterocycles. The molecule has 2 saturated heterocycles. The van der Waals surface area contributed by atoms with Crippen LogP contribution in [-0.4, -0.2) is 58.2 Å². The molecule has 0 N–H and O–H groups in total. The van der Waals surface area contributed by atoms with Crippen LogP contribution in [0.15, 0.2) is 48.9 Å². The van der Waals surface area contributed by atoms with Crippen molar-refractivity contribution in [3.8, 4) is 0 Å². The lowest BCUT2D eigenvalue weighted by atomic mass is 10.00. The van der Waals surface area contributed by atoms with Gasteiger partial charge in [-0.05, 0) is 43.7 Å². The van der Waals surface area contributed by atoms with E-state index in [1.807, 2.05) is 30.7 Å². The SMILES string of the molecule is CN(Cc1cccnc1)[C@@H]1CN(Cc2ccccn2)[C@@H]2CCCO[C@H]12. The zero-order valence-electron chi connectivity index (χ0n) is 14.8. The summed E-state index contributed by atoms with van der Waals surface area (Å²) in [7, 11) is 2.21. The van der Waals surface area contributed by atoms with Crippen molar-refractivity contribution in [1.29, 1.82) is 0 Å². The van der Waals surface area contributed by atoms with Gasteiger partial charge in [0.05, 0.1) is 17.8 Å². The van der Waals surface area contributed by atoms with Crippen LogP contribution in [-0.2, 0) is 17.8 Å². The molecule has 4 heterocycles. The number of hydrogen-bond acceptors (Lipinski definition) is 5. The quantitative estimate of drug-likeness (QED) is 0.837. The molecule has 2 aromatic heterocycles. The topological polar surface area (TPSA) is 41.5 Å². The van der Waals surface area contributed by atoms with Crippen molar-refractivity contribution in [2.24, 2.45) is 0 Å². The summed E-state index contributed by atoms with van der Waals surface area (Å²) in [5, 5.41) is 0. The third-order valence-electron chi connectivity index (χ3n) is 5.42. The van der Waals surface area contributed by atoms with E-state index in [2.05, 4.69) is 45.0 Å². The maximum absolute atomic E-state index is 6.22. The van der Waals surface area contributed by atoms with Gasteiger partial charge in [-0.1, -0.05) is 12.1 Å². The molecule has 0 saturated carbocycles. The lowest BCUT2D eigenvalue weighted by molar-refractivity contribution is -0.0386. The Morgan fingerprint density at radius 1 is 1.24 bits per heavy atom. The van der Waals surface area contributed by atoms with Crippen LogP contribution in [0.1, 0.15) is 24.1 Å². The fraction of sp³-hybridized carbons (Fsp3) is 0.500. The molecule has 5 nitrogen and oxygen atoms in total. The van der Waals surface area contributed by atoms with Gasteiger partial charge in [-0.25, -0.2) is 0 Å². The highest BCUT2D eigenvalue weighted by atomic mass is 16.5. The van der Waals surface area contributed by atoms with Crippen LogP contribution in [0, 0.1) is 0 Å². The number of nitrogens with zero attached hydrogens (tertiary/aromatic N) is 4. The summed E-state index contributed by atoms with van der Waals surface area (Å²) >= 11 is 0. The van der Waals surface area contributed by atoms with Crippen molar-refractivity contribution in [2.75, 3.05) is 20.2 Å². The Labute approximate surface area is 149 Å². The van der Waals surface area contributed by atoms with Crippen molar-refractivity contribution < 1.29 is 4.74 Å². The summed E-state index contributed by atoms with van der Waals surface area (Å²) in [5.74, 6) is 0. The van der Waals surface area contributed by atoms with E-state index < -0.39 is 0 Å². The maximum atomic E-state index is 6.22. The molecule has 2 aliphatic rings. The summed E-state index contributed by atoms with van der Waals surface area (Å²) in [6, 6.07) is 11.2. The van der Waals surface area contributed by atoms with E-state index in [4.69, 9.17) is 4.74 Å². The van der Waals surface area contributed by atoms with Crippen molar-refractivity contribution in [2.45, 2.75) is 44.1 Å². The molecule has 0 aliphatic carbocycles. The highest BCUT2D eigenvalue weighted by Crippen LogP contribution is 2.32. The van der Waals surface area contributed by atoms with Gasteiger partial charge >= 0.3 is 0 Å². The van der Waals surface area contributed by atoms with Crippen LogP contribution in [0.25, 0.3) is 0 Å². The predicted octanol–water partition coefficient (Wildman–Crippen LogP) is 2.34. The van der Waals surface area contributed by atoms with E-state index in [-0.39, 0.29) is 0 Å². The van der Waals surface area contributed by atoms with Crippen LogP contribution in [0.3, 0.4) is 0 Å². The average Bonchev–Trinajstić information content (AvgIpc) is 3.02. The Balaban J connectivity index is 1.48. The molecular formula is C20H26N4O. The normalized spacial score (nSPS) is 26.7. The van der Waals surface area contributed by atoms with E-state index in [0.29, 0.717) is 18.2 Å². The van der Waals surface area contributed by atoms with Gasteiger partial charge in [0.25, 0.3) is 0 Å². The third-order valence-corrected chi connectivity index (χ3v) is 5.42. The molecule has 0 radical (unpaired) electrons. The van der Waals surface area contributed by atoms with E-state index >= 15 is 0 Å². The lowest BCUT2D eigenvalue weighted by Gasteiger charge is -2.34. The number of likely N-dealkylation sites (N-methyl/N-ethyl adjacent to an activating group) is 1. The monoisotopic (exact) mass is 338 g/mol. The Hall–Kier alpha value is -1.82. The van der Waals surface area contributed by atoms with Gasteiger partial charge in [0.1, 0.15) is 0 Å². The fourth-order valence-electron chi connectivity index (χ4n) is 4.19. The molecule has 0 spiro atoms. The first-order valence-electron chi connectivity index (χ1n) is 9.16. The van der Waals surface area contributed by atoms with Crippen molar-refractivity contribution in [3.63, 3.8) is 0 Å². The largest absolute Gasteiger partial charge is 0.375 e. The first-order chi connectivity index (χ1) is 12.3. The number of likely N-dealkylation sites (tertiary alicyclic amines) is 1. The minimum absolute atomic E-state index is 0.291. The number of fused-ring (bicyclic) bond motifs is 1. The number of ether oxygens (including phenoxy) is 1. The van der Waals surface area contributed by atoms with Crippen LogP contribution in [0.2, 0.25) is 0 Å². The minimum Gasteiger partial charge on any atom is -0.375 e. The Bertz CT molecular complexity index is 666. The summed E-state index contributed by atoms with van der Waals surface area (Å²) in [6.07, 6.45) is 8.32. The lowest BCUT2D eigenvalue weighted by Crippen LogP contribution is -2.46. The molecule has 0 bridgehead atoms. The van der Waals surface area contributed by atoms with E-state index in [1.54, 1.807) is 0 Å². The van der Waals surface area contributed by atoms with Crippen LogP contribution in [0.5, 0.6) is 0 Å². The predicted molar refractivity (Wildman–Crippen MR) is 96.9 cm³/mol. The maximum Gasteiger partial charge on any atom is 0.0897 e. The summed E-state index contributed by atoms with van der Waals surface area (Å²) in [4.78, 5) is 13.7. The molecule has 0 amide bonds. The van der Waals surface area contributed by atoms with Gasteiger partial charge in [-0.2, -0.15) is 0 Å². The summed E-state index contributed by atoms with van der Waals surface area (Å²) < 4.78 is 6.22. The standard InChI is InChI=1S/C20H26N4O/c1-23(13-16-6-4-9-21-12-16)19-15-24(14-17-7-2-3-10-22-17)18-8-5-11-25-20(18)19/h2-4,6-7,9-10,12,18-20H,5,8,11,13-15H2,1H3/t18-,19-,20+/m1/s1. The zero-order chi connectivity index (χ0) is 17.1. The molecule has 2 aromatic rings. The van der Waals surface area contributed by atoms with Crippen LogP contribution in [0.4, 0.5) is 0 Å². The molecule has 0 aromatic carbocycles. The molecule has 25 heavy (non-hydrogen) atoms. The highest BCUT2D eigenvalue weighted by molar-refractivity contribution is 5.11. The summed E-state index contributed by atoms with van der Waals surface area (Å²) in [5.41, 5.74) is 2.39. The smallest absolute Gasteiger partial charge is 0.0897 e. The van der Waals surface area contributed by atoms with Gasteiger partial charge in [0.2, 0.25) is 0 Å². The fourth-order valence-corrected chi connectivity index (χ4v) is 4.19. The summed E-state index contributed by atoms with van der Waals surface area (Å²) in [6.45, 7) is 3.73. The van der Waals surface area contributed by atoms with Crippen molar-refractivity contribution in [1.82, 2.24) is 19.8 Å². The average molecular weight is 338 g/mol. The third kappa shape index (κ3) is 3.73. The highest BCUT2D eigenvalue weighted by Gasteiger charge is 2.45. The Morgan fingerprint density at radius 3 is 3.00 bits per heavy atom. The van der Waals surface area contributed by atoms with Gasteiger partial charge in [0.15, 0.2) is 0 Å².